The van der Waals surface area contributed by atoms with Crippen LogP contribution in [0.15, 0.2) is 77.9 Å². The van der Waals surface area contributed by atoms with Crippen LogP contribution in [0.5, 0.6) is 11.5 Å². The Hall–Kier alpha value is -4.33. The van der Waals surface area contributed by atoms with Crippen LogP contribution in [0.4, 0.5) is 5.69 Å². The largest absolute Gasteiger partial charge is 0.490 e. The predicted molar refractivity (Wildman–Crippen MR) is 139 cm³/mol. The van der Waals surface area contributed by atoms with Crippen LogP contribution < -0.4 is 25.9 Å². The number of rotatable bonds is 11. The topological polar surface area (TPSA) is 122 Å². The zero-order chi connectivity index (χ0) is 25.2. The molecule has 8 heteroatoms. The number of carbonyl (C=O) groups excluding carboxylic acids is 1. The van der Waals surface area contributed by atoms with Crippen molar-refractivity contribution in [3.8, 4) is 11.5 Å². The highest BCUT2D eigenvalue weighted by atomic mass is 16.5. The molecule has 0 aromatic heterocycles. The molecule has 3 aromatic carbocycles. The lowest BCUT2D eigenvalue weighted by molar-refractivity contribution is -0.121. The van der Waals surface area contributed by atoms with Crippen molar-refractivity contribution in [1.82, 2.24) is 5.43 Å². The van der Waals surface area contributed by atoms with Gasteiger partial charge in [-0.15, -0.1) is 0 Å². The van der Waals surface area contributed by atoms with E-state index in [4.69, 9.17) is 20.6 Å². The lowest BCUT2D eigenvalue weighted by atomic mass is 10.0. The van der Waals surface area contributed by atoms with E-state index in [0.29, 0.717) is 34.9 Å². The molecule has 0 saturated heterocycles. The van der Waals surface area contributed by atoms with Gasteiger partial charge >= 0.3 is 0 Å². The Morgan fingerprint density at radius 1 is 1.06 bits per heavy atom. The zero-order valence-corrected chi connectivity index (χ0v) is 20.1. The third kappa shape index (κ3) is 7.33. The fraction of sp³-hybridized carbons (Fsp3) is 0.222. The van der Waals surface area contributed by atoms with Gasteiger partial charge in [-0.2, -0.15) is 5.10 Å². The number of nitrogens with zero attached hydrogens (tertiary/aromatic N) is 1. The molecule has 1 amide bonds. The number of hydrazone groups is 1. The number of benzene rings is 3. The number of nitrogens with one attached hydrogen (secondary N) is 3. The molecule has 0 aliphatic rings. The predicted octanol–water partition coefficient (Wildman–Crippen LogP) is 4.46. The normalized spacial score (nSPS) is 11.8. The maximum atomic E-state index is 13.2. The minimum atomic E-state index is -0.779. The number of amides is 1. The van der Waals surface area contributed by atoms with Gasteiger partial charge in [0.1, 0.15) is 11.9 Å². The quantitative estimate of drug-likeness (QED) is 0.186. The highest BCUT2D eigenvalue weighted by Gasteiger charge is 2.23. The second kappa shape index (κ2) is 12.2. The minimum absolute atomic E-state index is 0.0237. The van der Waals surface area contributed by atoms with Gasteiger partial charge in [0.2, 0.25) is 0 Å². The molecule has 3 aromatic rings. The third-order valence-electron chi connectivity index (χ3n) is 4.92. The van der Waals surface area contributed by atoms with Gasteiger partial charge in [0.05, 0.1) is 18.9 Å². The number of ether oxygens (including phenoxy) is 2. The van der Waals surface area contributed by atoms with Crippen molar-refractivity contribution in [2.75, 3.05) is 11.9 Å². The second-order valence-corrected chi connectivity index (χ2v) is 8.02. The molecule has 1 unspecified atom stereocenters. The van der Waals surface area contributed by atoms with E-state index in [-0.39, 0.29) is 17.8 Å². The first-order valence-electron chi connectivity index (χ1n) is 11.4. The molecule has 1 atom stereocenters. The van der Waals surface area contributed by atoms with Crippen LogP contribution in [0.2, 0.25) is 0 Å². The van der Waals surface area contributed by atoms with Gasteiger partial charge in [0.25, 0.3) is 5.91 Å². The number of hydrogen-bond acceptors (Lipinski definition) is 6. The fourth-order valence-corrected chi connectivity index (χ4v) is 3.31. The lowest BCUT2D eigenvalue weighted by Crippen LogP contribution is -2.30. The Balaban J connectivity index is 1.90. The molecular formula is C27H31N5O3. The van der Waals surface area contributed by atoms with E-state index in [9.17, 15) is 4.79 Å². The third-order valence-corrected chi connectivity index (χ3v) is 4.92. The molecule has 0 aliphatic carbocycles. The Bertz CT molecular complexity index is 1160. The maximum absolute atomic E-state index is 13.2. The monoisotopic (exact) mass is 473 g/mol. The van der Waals surface area contributed by atoms with Gasteiger partial charge in [-0.1, -0.05) is 36.4 Å². The summed E-state index contributed by atoms with van der Waals surface area (Å²) in [6.45, 7) is 6.23. The molecule has 8 nitrogen and oxygen atoms in total. The van der Waals surface area contributed by atoms with Crippen molar-refractivity contribution in [3.05, 3.63) is 89.5 Å². The van der Waals surface area contributed by atoms with E-state index in [0.717, 1.165) is 5.56 Å². The van der Waals surface area contributed by atoms with E-state index in [1.54, 1.807) is 42.6 Å². The second-order valence-electron chi connectivity index (χ2n) is 8.02. The van der Waals surface area contributed by atoms with Crippen LogP contribution >= 0.6 is 0 Å². The van der Waals surface area contributed by atoms with E-state index in [1.807, 2.05) is 57.2 Å². The smallest absolute Gasteiger partial charge is 0.267 e. The van der Waals surface area contributed by atoms with Gasteiger partial charge in [-0.25, -0.2) is 5.43 Å². The Kier molecular flexibility index (Phi) is 8.83. The molecule has 182 valence electrons. The molecule has 0 saturated carbocycles. The summed E-state index contributed by atoms with van der Waals surface area (Å²) in [5.74, 6) is 0.784. The summed E-state index contributed by atoms with van der Waals surface area (Å²) in [5, 5.41) is 14.9. The summed E-state index contributed by atoms with van der Waals surface area (Å²) < 4.78 is 11.6. The molecule has 3 rings (SSSR count). The highest BCUT2D eigenvalue weighted by molar-refractivity contribution is 5.95. The van der Waals surface area contributed by atoms with Crippen molar-refractivity contribution in [1.29, 1.82) is 5.41 Å². The lowest BCUT2D eigenvalue weighted by Gasteiger charge is -2.21. The van der Waals surface area contributed by atoms with Crippen LogP contribution in [0.25, 0.3) is 0 Å². The summed E-state index contributed by atoms with van der Waals surface area (Å²) >= 11 is 0. The average Bonchev–Trinajstić information content (AvgIpc) is 2.84. The van der Waals surface area contributed by atoms with E-state index in [1.165, 1.54) is 0 Å². The standard InChI is InChI=1S/C27H31N5O3/c1-4-34-24-16-21(12-15-23(24)35-18(2)3)25(31-22-13-10-20(11-14-22)26(28)29)27(33)32-30-17-19-8-6-5-7-9-19/h5-18,25,31H,4H2,1-3H3,(H3,28,29)(H,32,33). The summed E-state index contributed by atoms with van der Waals surface area (Å²) in [7, 11) is 0. The first-order chi connectivity index (χ1) is 16.9. The van der Waals surface area contributed by atoms with Crippen molar-refractivity contribution in [2.45, 2.75) is 32.9 Å². The number of hydrogen-bond donors (Lipinski definition) is 4. The molecule has 0 heterocycles. The molecule has 35 heavy (non-hydrogen) atoms. The first-order valence-corrected chi connectivity index (χ1v) is 11.4. The van der Waals surface area contributed by atoms with E-state index >= 15 is 0 Å². The maximum Gasteiger partial charge on any atom is 0.267 e. The van der Waals surface area contributed by atoms with Crippen LogP contribution in [0, 0.1) is 5.41 Å². The van der Waals surface area contributed by atoms with Crippen molar-refractivity contribution in [3.63, 3.8) is 0 Å². The Labute approximate surface area is 205 Å². The van der Waals surface area contributed by atoms with Crippen molar-refractivity contribution >= 4 is 23.6 Å². The summed E-state index contributed by atoms with van der Waals surface area (Å²) in [4.78, 5) is 13.2. The Morgan fingerprint density at radius 2 is 1.77 bits per heavy atom. The SMILES string of the molecule is CCOc1cc(C(Nc2ccc(C(=N)N)cc2)C(=O)NN=Cc2ccccc2)ccc1OC(C)C. The Morgan fingerprint density at radius 3 is 2.40 bits per heavy atom. The molecule has 0 spiro atoms. The first kappa shape index (κ1) is 25.3. The van der Waals surface area contributed by atoms with E-state index < -0.39 is 6.04 Å². The van der Waals surface area contributed by atoms with Crippen LogP contribution in [0.3, 0.4) is 0 Å². The minimum Gasteiger partial charge on any atom is -0.490 e. The molecular weight excluding hydrogens is 442 g/mol. The number of amidine groups is 1. The highest BCUT2D eigenvalue weighted by Crippen LogP contribution is 2.33. The van der Waals surface area contributed by atoms with Gasteiger partial charge in [-0.05, 0) is 68.3 Å². The van der Waals surface area contributed by atoms with Crippen LogP contribution in [-0.2, 0) is 4.79 Å². The summed E-state index contributed by atoms with van der Waals surface area (Å²) in [6.07, 6.45) is 1.56. The molecule has 0 aliphatic heterocycles. The van der Waals surface area contributed by atoms with Crippen LogP contribution in [0.1, 0.15) is 43.5 Å². The number of anilines is 1. The van der Waals surface area contributed by atoms with Crippen molar-refractivity contribution in [2.24, 2.45) is 10.8 Å². The van der Waals surface area contributed by atoms with Crippen LogP contribution in [-0.4, -0.2) is 30.7 Å². The number of carbonyl (C=O) groups is 1. The number of nitrogen functional groups attached to an aromatic ring is 1. The summed E-state index contributed by atoms with van der Waals surface area (Å²) in [5.41, 5.74) is 11.0. The molecule has 0 fully saturated rings. The number of nitrogens with two attached hydrogens (primary N) is 1. The summed E-state index contributed by atoms with van der Waals surface area (Å²) in [6, 6.07) is 21.1. The van der Waals surface area contributed by atoms with Gasteiger partial charge in [-0.3, -0.25) is 10.2 Å². The molecule has 0 radical (unpaired) electrons. The molecule has 5 N–H and O–H groups in total. The van der Waals surface area contributed by atoms with E-state index in [2.05, 4.69) is 15.8 Å². The molecule has 0 bridgehead atoms. The zero-order valence-electron chi connectivity index (χ0n) is 20.1. The average molecular weight is 474 g/mol. The fourth-order valence-electron chi connectivity index (χ4n) is 3.31. The van der Waals surface area contributed by atoms with Gasteiger partial charge < -0.3 is 20.5 Å². The van der Waals surface area contributed by atoms with Crippen molar-refractivity contribution < 1.29 is 14.3 Å². The van der Waals surface area contributed by atoms with Gasteiger partial charge in [0.15, 0.2) is 11.5 Å². The van der Waals surface area contributed by atoms with Gasteiger partial charge in [0, 0.05) is 11.3 Å².